The van der Waals surface area contributed by atoms with E-state index in [0.29, 0.717) is 28.3 Å². The molecule has 3 aromatic rings. The zero-order valence-electron chi connectivity index (χ0n) is 19.1. The molecule has 7 heteroatoms. The van der Waals surface area contributed by atoms with Crippen LogP contribution in [0.5, 0.6) is 17.2 Å². The highest BCUT2D eigenvalue weighted by Crippen LogP contribution is 2.43. The van der Waals surface area contributed by atoms with Gasteiger partial charge in [-0.2, -0.15) is 0 Å². The van der Waals surface area contributed by atoms with Gasteiger partial charge in [0.1, 0.15) is 23.0 Å². The first-order chi connectivity index (χ1) is 16.3. The third-order valence-corrected chi connectivity index (χ3v) is 5.48. The van der Waals surface area contributed by atoms with Crippen LogP contribution in [-0.2, 0) is 9.59 Å². The van der Waals surface area contributed by atoms with Crippen molar-refractivity contribution < 1.29 is 29.3 Å². The van der Waals surface area contributed by atoms with Crippen LogP contribution in [0.15, 0.2) is 78.4 Å². The lowest BCUT2D eigenvalue weighted by atomic mass is 9.95. The number of Topliss-reactive ketones (excluding diaryl/α,β-unsaturated/α-hetero) is 1. The van der Waals surface area contributed by atoms with Crippen molar-refractivity contribution in [2.75, 3.05) is 12.0 Å². The zero-order valence-corrected chi connectivity index (χ0v) is 19.1. The fourth-order valence-corrected chi connectivity index (χ4v) is 3.96. The Morgan fingerprint density at radius 2 is 1.62 bits per heavy atom. The molecule has 1 amide bonds. The van der Waals surface area contributed by atoms with Crippen molar-refractivity contribution >= 4 is 23.1 Å². The highest BCUT2D eigenvalue weighted by atomic mass is 16.5. The van der Waals surface area contributed by atoms with Crippen molar-refractivity contribution in [3.05, 3.63) is 89.5 Å². The molecular weight excluding hydrogens is 434 g/mol. The number of hydrogen-bond acceptors (Lipinski definition) is 6. The summed E-state index contributed by atoms with van der Waals surface area (Å²) in [6.45, 7) is 3.77. The standard InChI is InChI=1S/C27H25NO6/c1-16(2)34-22-6-4-5-18(15-22)25(30)23-24(17-7-11-20(29)12-8-17)28(27(32)26(23)31)19-9-13-21(33-3)14-10-19/h4-16,24,29-30H,1-3H3/b25-23-. The maximum Gasteiger partial charge on any atom is 0.300 e. The number of phenolic OH excluding ortho intramolecular Hbond substituents is 1. The smallest absolute Gasteiger partial charge is 0.300 e. The van der Waals surface area contributed by atoms with Crippen LogP contribution in [-0.4, -0.2) is 35.1 Å². The maximum atomic E-state index is 13.2. The summed E-state index contributed by atoms with van der Waals surface area (Å²) in [5, 5.41) is 21.0. The summed E-state index contributed by atoms with van der Waals surface area (Å²) in [7, 11) is 1.54. The second kappa shape index (κ2) is 9.31. The van der Waals surface area contributed by atoms with Crippen molar-refractivity contribution in [3.8, 4) is 17.2 Å². The molecular formula is C27H25NO6. The van der Waals surface area contributed by atoms with Gasteiger partial charge < -0.3 is 19.7 Å². The number of rotatable bonds is 6. The van der Waals surface area contributed by atoms with E-state index >= 15 is 0 Å². The SMILES string of the molecule is COc1ccc(N2C(=O)C(=O)/C(=C(\O)c3cccc(OC(C)C)c3)C2c2ccc(O)cc2)cc1. The summed E-state index contributed by atoms with van der Waals surface area (Å²) in [5.74, 6) is -0.695. The fourth-order valence-electron chi connectivity index (χ4n) is 3.96. The largest absolute Gasteiger partial charge is 0.508 e. The number of aromatic hydroxyl groups is 1. The zero-order chi connectivity index (χ0) is 24.4. The van der Waals surface area contributed by atoms with Gasteiger partial charge in [0.15, 0.2) is 0 Å². The van der Waals surface area contributed by atoms with Gasteiger partial charge in [0.25, 0.3) is 11.7 Å². The molecule has 1 unspecified atom stereocenters. The summed E-state index contributed by atoms with van der Waals surface area (Å²) < 4.78 is 10.9. The van der Waals surface area contributed by atoms with Gasteiger partial charge in [-0.25, -0.2) is 0 Å². The Morgan fingerprint density at radius 3 is 2.24 bits per heavy atom. The number of ketones is 1. The number of benzene rings is 3. The number of aliphatic hydroxyl groups is 1. The number of aliphatic hydroxyl groups excluding tert-OH is 1. The molecule has 0 aliphatic carbocycles. The molecule has 1 aliphatic rings. The first-order valence-electron chi connectivity index (χ1n) is 10.8. The molecule has 0 bridgehead atoms. The highest BCUT2D eigenvalue weighted by molar-refractivity contribution is 6.51. The molecule has 0 spiro atoms. The van der Waals surface area contributed by atoms with Gasteiger partial charge in [-0.3, -0.25) is 14.5 Å². The molecule has 3 aromatic carbocycles. The molecule has 1 heterocycles. The predicted molar refractivity (Wildman–Crippen MR) is 128 cm³/mol. The van der Waals surface area contributed by atoms with E-state index < -0.39 is 17.7 Å². The normalized spacial score (nSPS) is 17.3. The number of carbonyl (C=O) groups is 2. The van der Waals surface area contributed by atoms with Gasteiger partial charge in [0.2, 0.25) is 0 Å². The van der Waals surface area contributed by atoms with E-state index in [4.69, 9.17) is 9.47 Å². The quantitative estimate of drug-likeness (QED) is 0.312. The highest BCUT2D eigenvalue weighted by Gasteiger charge is 2.47. The van der Waals surface area contributed by atoms with Crippen molar-refractivity contribution in [2.45, 2.75) is 26.0 Å². The van der Waals surface area contributed by atoms with Gasteiger partial charge >= 0.3 is 0 Å². The number of anilines is 1. The van der Waals surface area contributed by atoms with Crippen LogP contribution < -0.4 is 14.4 Å². The molecule has 0 radical (unpaired) electrons. The average molecular weight is 459 g/mol. The predicted octanol–water partition coefficient (Wildman–Crippen LogP) is 4.81. The van der Waals surface area contributed by atoms with Crippen LogP contribution in [0.4, 0.5) is 5.69 Å². The van der Waals surface area contributed by atoms with Gasteiger partial charge in [-0.05, 0) is 67.9 Å². The lowest BCUT2D eigenvalue weighted by Gasteiger charge is -2.25. The van der Waals surface area contributed by atoms with Crippen LogP contribution in [0.1, 0.15) is 31.0 Å². The van der Waals surface area contributed by atoms with Crippen LogP contribution in [0, 0.1) is 0 Å². The van der Waals surface area contributed by atoms with Gasteiger partial charge in [0, 0.05) is 11.3 Å². The van der Waals surface area contributed by atoms with Crippen molar-refractivity contribution in [1.29, 1.82) is 0 Å². The molecule has 1 aliphatic heterocycles. The van der Waals surface area contributed by atoms with Gasteiger partial charge in [-0.1, -0.05) is 24.3 Å². The van der Waals surface area contributed by atoms with Crippen LogP contribution in [0.3, 0.4) is 0 Å². The number of phenols is 1. The molecule has 0 aromatic heterocycles. The van der Waals surface area contributed by atoms with Crippen LogP contribution in [0.25, 0.3) is 5.76 Å². The Kier molecular flexibility index (Phi) is 6.27. The summed E-state index contributed by atoms with van der Waals surface area (Å²) >= 11 is 0. The van der Waals surface area contributed by atoms with E-state index in [1.807, 2.05) is 13.8 Å². The minimum atomic E-state index is -0.899. The first kappa shape index (κ1) is 22.9. The number of hydrogen-bond donors (Lipinski definition) is 2. The minimum Gasteiger partial charge on any atom is -0.508 e. The molecule has 1 saturated heterocycles. The Hall–Kier alpha value is -4.26. The minimum absolute atomic E-state index is 0.0451. The Labute approximate surface area is 197 Å². The fraction of sp³-hybridized carbons (Fsp3) is 0.185. The van der Waals surface area contributed by atoms with E-state index in [1.54, 1.807) is 60.7 Å². The second-order valence-electron chi connectivity index (χ2n) is 8.15. The van der Waals surface area contributed by atoms with Gasteiger partial charge in [-0.15, -0.1) is 0 Å². The van der Waals surface area contributed by atoms with E-state index in [0.717, 1.165) is 0 Å². The Bertz CT molecular complexity index is 1240. The van der Waals surface area contributed by atoms with Crippen molar-refractivity contribution in [2.24, 2.45) is 0 Å². The van der Waals surface area contributed by atoms with E-state index in [-0.39, 0.29) is 23.2 Å². The summed E-state index contributed by atoms with van der Waals surface area (Å²) in [4.78, 5) is 27.8. The molecule has 2 N–H and O–H groups in total. The summed E-state index contributed by atoms with van der Waals surface area (Å²) in [6.07, 6.45) is -0.0740. The third kappa shape index (κ3) is 4.32. The van der Waals surface area contributed by atoms with Crippen LogP contribution >= 0.6 is 0 Å². The molecule has 4 rings (SSSR count). The number of amides is 1. The van der Waals surface area contributed by atoms with Crippen molar-refractivity contribution in [3.63, 3.8) is 0 Å². The monoisotopic (exact) mass is 459 g/mol. The number of nitrogens with zero attached hydrogens (tertiary/aromatic N) is 1. The van der Waals surface area contributed by atoms with Gasteiger partial charge in [0.05, 0.1) is 24.8 Å². The molecule has 0 saturated carbocycles. The molecule has 7 nitrogen and oxygen atoms in total. The van der Waals surface area contributed by atoms with E-state index in [9.17, 15) is 19.8 Å². The van der Waals surface area contributed by atoms with Crippen molar-refractivity contribution in [1.82, 2.24) is 0 Å². The Balaban J connectivity index is 1.88. The topological polar surface area (TPSA) is 96.3 Å². The Morgan fingerprint density at radius 1 is 0.941 bits per heavy atom. The average Bonchev–Trinajstić information content (AvgIpc) is 3.09. The van der Waals surface area contributed by atoms with Crippen LogP contribution in [0.2, 0.25) is 0 Å². The lowest BCUT2D eigenvalue weighted by molar-refractivity contribution is -0.132. The molecule has 1 fully saturated rings. The lowest BCUT2D eigenvalue weighted by Crippen LogP contribution is -2.29. The maximum absolute atomic E-state index is 13.2. The van der Waals surface area contributed by atoms with E-state index in [1.165, 1.54) is 24.1 Å². The molecule has 174 valence electrons. The third-order valence-electron chi connectivity index (χ3n) is 5.48. The summed E-state index contributed by atoms with van der Waals surface area (Å²) in [5.41, 5.74) is 1.34. The second-order valence-corrected chi connectivity index (χ2v) is 8.15. The number of methoxy groups -OCH3 is 1. The first-order valence-corrected chi connectivity index (χ1v) is 10.8. The molecule has 1 atom stereocenters. The number of carbonyl (C=O) groups excluding carboxylic acids is 2. The number of ether oxygens (including phenoxy) is 2. The van der Waals surface area contributed by atoms with E-state index in [2.05, 4.69) is 0 Å². The molecule has 34 heavy (non-hydrogen) atoms. The summed E-state index contributed by atoms with van der Waals surface area (Å²) in [6, 6.07) is 18.8.